The molecule has 1 atom stereocenters. The van der Waals surface area contributed by atoms with Gasteiger partial charge in [0.1, 0.15) is 18.2 Å². The number of aromatic amines is 2. The smallest absolute Gasteiger partial charge is 0.337 e. The van der Waals surface area contributed by atoms with Gasteiger partial charge in [0.2, 0.25) is 0 Å². The van der Waals surface area contributed by atoms with E-state index in [1.807, 2.05) is 30.3 Å². The molecular formula is C22H19N3O5. The summed E-state index contributed by atoms with van der Waals surface area (Å²) in [6.45, 7) is 1.75. The number of carbonyl (C=O) groups is 1. The lowest BCUT2D eigenvalue weighted by Gasteiger charge is -2.28. The number of H-pyrrole nitrogens is 2. The van der Waals surface area contributed by atoms with Crippen LogP contribution in [0.2, 0.25) is 0 Å². The average molecular weight is 405 g/mol. The van der Waals surface area contributed by atoms with Crippen molar-refractivity contribution in [3.05, 3.63) is 103 Å². The summed E-state index contributed by atoms with van der Waals surface area (Å²) < 4.78 is 5.52. The van der Waals surface area contributed by atoms with Gasteiger partial charge in [-0.15, -0.1) is 0 Å². The molecule has 30 heavy (non-hydrogen) atoms. The number of phenols is 1. The van der Waals surface area contributed by atoms with Crippen molar-refractivity contribution in [2.24, 2.45) is 0 Å². The summed E-state index contributed by atoms with van der Waals surface area (Å²) in [6, 6.07) is 15.4. The molecule has 152 valence electrons. The molecule has 1 aliphatic heterocycles. The highest BCUT2D eigenvalue weighted by molar-refractivity contribution is 5.94. The van der Waals surface area contributed by atoms with Crippen LogP contribution in [0.15, 0.2) is 75.5 Å². The minimum atomic E-state index is -0.786. The molecule has 1 aromatic heterocycles. The average Bonchev–Trinajstić information content (AvgIpc) is 2.72. The van der Waals surface area contributed by atoms with Crippen molar-refractivity contribution in [3.8, 4) is 5.75 Å². The van der Waals surface area contributed by atoms with Gasteiger partial charge in [0.05, 0.1) is 17.1 Å². The van der Waals surface area contributed by atoms with Crippen LogP contribution >= 0.6 is 0 Å². The van der Waals surface area contributed by atoms with E-state index in [1.54, 1.807) is 19.1 Å². The monoisotopic (exact) mass is 405 g/mol. The molecule has 0 saturated carbocycles. The quantitative estimate of drug-likeness (QED) is 0.494. The second-order valence-corrected chi connectivity index (χ2v) is 6.95. The van der Waals surface area contributed by atoms with Crippen LogP contribution in [-0.4, -0.2) is 21.0 Å². The largest absolute Gasteiger partial charge is 0.508 e. The molecule has 0 radical (unpaired) electrons. The van der Waals surface area contributed by atoms with Gasteiger partial charge in [-0.2, -0.15) is 0 Å². The van der Waals surface area contributed by atoms with Crippen molar-refractivity contribution >= 4 is 11.8 Å². The Bertz CT molecular complexity index is 1240. The maximum atomic E-state index is 13.1. The first-order chi connectivity index (χ1) is 14.4. The van der Waals surface area contributed by atoms with E-state index < -0.39 is 23.1 Å². The number of allylic oxidation sites excluding steroid dienone is 1. The Labute approximate surface area is 170 Å². The van der Waals surface area contributed by atoms with Gasteiger partial charge in [-0.1, -0.05) is 42.5 Å². The molecule has 2 heterocycles. The number of nitrogens with one attached hydrogen (secondary N) is 3. The Morgan fingerprint density at radius 1 is 1.03 bits per heavy atom. The van der Waals surface area contributed by atoms with Gasteiger partial charge >= 0.3 is 11.7 Å². The SMILES string of the molecule is CC1=C(C(=O)OCc2ccccc2)[C@H](c2ccc(O)cc2)c2c([nH]c(=O)[nH]c2=O)N1. The number of anilines is 1. The maximum absolute atomic E-state index is 13.1. The van der Waals surface area contributed by atoms with E-state index in [2.05, 4.69) is 15.3 Å². The first-order valence-corrected chi connectivity index (χ1v) is 9.28. The Morgan fingerprint density at radius 3 is 2.43 bits per heavy atom. The number of phenolic OH excluding ortho intramolecular Hbond substituents is 1. The van der Waals surface area contributed by atoms with E-state index in [-0.39, 0.29) is 29.3 Å². The molecular weight excluding hydrogens is 386 g/mol. The lowest BCUT2D eigenvalue weighted by molar-refractivity contribution is -0.140. The molecule has 0 fully saturated rings. The lowest BCUT2D eigenvalue weighted by atomic mass is 9.82. The fraction of sp³-hybridized carbons (Fsp3) is 0.136. The van der Waals surface area contributed by atoms with E-state index >= 15 is 0 Å². The van der Waals surface area contributed by atoms with E-state index in [0.717, 1.165) is 5.56 Å². The molecule has 2 aromatic carbocycles. The van der Waals surface area contributed by atoms with Crippen LogP contribution < -0.4 is 16.6 Å². The van der Waals surface area contributed by atoms with Crippen LogP contribution in [0.3, 0.4) is 0 Å². The highest BCUT2D eigenvalue weighted by atomic mass is 16.5. The fourth-order valence-corrected chi connectivity index (χ4v) is 3.56. The van der Waals surface area contributed by atoms with Gasteiger partial charge in [0.25, 0.3) is 5.56 Å². The summed E-state index contributed by atoms with van der Waals surface area (Å²) in [5.74, 6) is -1.10. The summed E-state index contributed by atoms with van der Waals surface area (Å²) in [4.78, 5) is 42.2. The molecule has 0 amide bonds. The minimum absolute atomic E-state index is 0.0530. The molecule has 8 nitrogen and oxygen atoms in total. The van der Waals surface area contributed by atoms with Gasteiger partial charge in [-0.25, -0.2) is 9.59 Å². The number of hydrogen-bond acceptors (Lipinski definition) is 6. The first-order valence-electron chi connectivity index (χ1n) is 9.28. The van der Waals surface area contributed by atoms with Gasteiger partial charge in [0, 0.05) is 5.70 Å². The van der Waals surface area contributed by atoms with Crippen molar-refractivity contribution < 1.29 is 14.6 Å². The van der Waals surface area contributed by atoms with Crippen molar-refractivity contribution in [1.82, 2.24) is 9.97 Å². The van der Waals surface area contributed by atoms with Crippen molar-refractivity contribution in [2.45, 2.75) is 19.4 Å². The summed E-state index contributed by atoms with van der Waals surface area (Å²) in [7, 11) is 0. The Balaban J connectivity index is 1.78. The minimum Gasteiger partial charge on any atom is -0.508 e. The third-order valence-electron chi connectivity index (χ3n) is 4.93. The molecule has 0 unspecified atom stereocenters. The number of ether oxygens (including phenoxy) is 1. The predicted molar refractivity (Wildman–Crippen MR) is 110 cm³/mol. The van der Waals surface area contributed by atoms with Gasteiger partial charge < -0.3 is 15.2 Å². The molecule has 3 aromatic rings. The van der Waals surface area contributed by atoms with E-state index in [4.69, 9.17) is 4.74 Å². The van der Waals surface area contributed by atoms with Crippen molar-refractivity contribution in [3.63, 3.8) is 0 Å². The zero-order chi connectivity index (χ0) is 21.3. The van der Waals surface area contributed by atoms with E-state index in [1.165, 1.54) is 12.1 Å². The summed E-state index contributed by atoms with van der Waals surface area (Å²) in [5.41, 5.74) is 1.06. The van der Waals surface area contributed by atoms with Crippen LogP contribution in [0, 0.1) is 0 Å². The fourth-order valence-electron chi connectivity index (χ4n) is 3.56. The van der Waals surface area contributed by atoms with Crippen LogP contribution in [0.1, 0.15) is 29.5 Å². The Kier molecular flexibility index (Phi) is 4.97. The number of benzene rings is 2. The predicted octanol–water partition coefficient (Wildman–Crippen LogP) is 2.34. The van der Waals surface area contributed by atoms with Crippen LogP contribution in [0.4, 0.5) is 5.82 Å². The third kappa shape index (κ3) is 3.62. The lowest BCUT2D eigenvalue weighted by Crippen LogP contribution is -2.34. The van der Waals surface area contributed by atoms with E-state index in [0.29, 0.717) is 11.3 Å². The number of rotatable bonds is 4. The zero-order valence-electron chi connectivity index (χ0n) is 16.1. The maximum Gasteiger partial charge on any atom is 0.337 e. The topological polar surface area (TPSA) is 124 Å². The molecule has 0 spiro atoms. The Hall–Kier alpha value is -4.07. The molecule has 4 rings (SSSR count). The molecule has 1 aliphatic rings. The summed E-state index contributed by atoms with van der Waals surface area (Å²) >= 11 is 0. The molecule has 0 aliphatic carbocycles. The second kappa shape index (κ2) is 7.75. The van der Waals surface area contributed by atoms with Gasteiger partial charge in [-0.05, 0) is 30.2 Å². The standard InChI is InChI=1S/C22H19N3O5/c1-12-16(21(28)30-11-13-5-3-2-4-6-13)17(14-7-9-15(26)10-8-14)18-19(23-12)24-22(29)25-20(18)27/h2-10,17,26H,11H2,1H3,(H3,23,24,25,27,29)/t17-/m0/s1. The highest BCUT2D eigenvalue weighted by Gasteiger charge is 2.36. The number of aromatic hydroxyl groups is 1. The number of carbonyl (C=O) groups excluding carboxylic acids is 1. The summed E-state index contributed by atoms with van der Waals surface area (Å²) in [6.07, 6.45) is 0. The number of aromatic nitrogens is 2. The number of fused-ring (bicyclic) bond motifs is 1. The first kappa shape index (κ1) is 19.3. The van der Waals surface area contributed by atoms with Gasteiger partial charge in [-0.3, -0.25) is 14.8 Å². The Morgan fingerprint density at radius 2 is 1.73 bits per heavy atom. The third-order valence-corrected chi connectivity index (χ3v) is 4.93. The van der Waals surface area contributed by atoms with Crippen molar-refractivity contribution in [2.75, 3.05) is 5.32 Å². The van der Waals surface area contributed by atoms with E-state index in [9.17, 15) is 19.5 Å². The number of esters is 1. The van der Waals surface area contributed by atoms with Crippen LogP contribution in [0.5, 0.6) is 5.75 Å². The molecule has 4 N–H and O–H groups in total. The second-order valence-electron chi connectivity index (χ2n) is 6.95. The number of hydrogen-bond donors (Lipinski definition) is 4. The molecule has 0 saturated heterocycles. The van der Waals surface area contributed by atoms with Crippen LogP contribution in [0.25, 0.3) is 0 Å². The normalized spacial score (nSPS) is 15.3. The van der Waals surface area contributed by atoms with Crippen LogP contribution in [-0.2, 0) is 16.1 Å². The van der Waals surface area contributed by atoms with Gasteiger partial charge in [0.15, 0.2) is 0 Å². The van der Waals surface area contributed by atoms with Crippen molar-refractivity contribution in [1.29, 1.82) is 0 Å². The zero-order valence-corrected chi connectivity index (χ0v) is 16.1. The molecule has 8 heteroatoms. The summed E-state index contributed by atoms with van der Waals surface area (Å²) in [5, 5.41) is 12.6. The molecule has 0 bridgehead atoms. The highest BCUT2D eigenvalue weighted by Crippen LogP contribution is 2.39.